The fourth-order valence-electron chi connectivity index (χ4n) is 2.43. The van der Waals surface area contributed by atoms with Crippen molar-refractivity contribution in [3.05, 3.63) is 58.3 Å². The molecule has 0 spiro atoms. The first-order valence-corrected chi connectivity index (χ1v) is 9.17. The van der Waals surface area contributed by atoms with E-state index in [-0.39, 0.29) is 17.4 Å². The van der Waals surface area contributed by atoms with Crippen molar-refractivity contribution < 1.29 is 18.7 Å². The highest BCUT2D eigenvalue weighted by Crippen LogP contribution is 2.33. The monoisotopic (exact) mass is 406 g/mol. The van der Waals surface area contributed by atoms with E-state index in [1.807, 2.05) is 17.5 Å². The number of thiazole rings is 1. The second-order valence-electron chi connectivity index (χ2n) is 5.57. The lowest BCUT2D eigenvalue weighted by molar-refractivity contribution is -0.115. The van der Waals surface area contributed by atoms with Crippen molar-refractivity contribution >= 4 is 34.5 Å². The first-order valence-electron chi connectivity index (χ1n) is 7.92. The number of carbonyl (C=O) groups excluding carboxylic acids is 1. The number of nitrogens with one attached hydrogen (secondary N) is 1. The van der Waals surface area contributed by atoms with E-state index in [1.165, 1.54) is 23.5 Å². The van der Waals surface area contributed by atoms with E-state index in [2.05, 4.69) is 10.3 Å². The molecule has 0 fully saturated rings. The Morgan fingerprint density at radius 3 is 2.67 bits per heavy atom. The summed E-state index contributed by atoms with van der Waals surface area (Å²) >= 11 is 7.06. The maximum absolute atomic E-state index is 13.5. The molecule has 0 saturated heterocycles. The quantitative estimate of drug-likeness (QED) is 0.638. The van der Waals surface area contributed by atoms with E-state index < -0.39 is 5.82 Å². The van der Waals surface area contributed by atoms with Gasteiger partial charge < -0.3 is 14.8 Å². The predicted molar refractivity (Wildman–Crippen MR) is 104 cm³/mol. The Labute approximate surface area is 164 Å². The van der Waals surface area contributed by atoms with Crippen LogP contribution in [0.15, 0.2) is 41.8 Å². The molecular formula is C19H16ClFN2O3S. The number of amides is 1. The number of anilines is 1. The van der Waals surface area contributed by atoms with Gasteiger partial charge in [0.1, 0.15) is 10.8 Å². The normalized spacial score (nSPS) is 10.5. The standard InChI is InChI=1S/C19H16ClFN2O3S/c1-25-16-6-3-11(7-17(16)26-2)19-23-13(10-27-19)9-18(24)22-12-4-5-14(20)15(21)8-12/h3-8,10H,9H2,1-2H3,(H,22,24). The van der Waals surface area contributed by atoms with Crippen LogP contribution < -0.4 is 14.8 Å². The summed E-state index contributed by atoms with van der Waals surface area (Å²) < 4.78 is 24.0. The van der Waals surface area contributed by atoms with Gasteiger partial charge in [0.25, 0.3) is 0 Å². The minimum absolute atomic E-state index is 0.00654. The Balaban J connectivity index is 1.70. The summed E-state index contributed by atoms with van der Waals surface area (Å²) in [4.78, 5) is 16.7. The van der Waals surface area contributed by atoms with Crippen LogP contribution in [0.4, 0.5) is 10.1 Å². The lowest BCUT2D eigenvalue weighted by Crippen LogP contribution is -2.14. The Morgan fingerprint density at radius 1 is 1.19 bits per heavy atom. The van der Waals surface area contributed by atoms with Crippen molar-refractivity contribution in [3.8, 4) is 22.1 Å². The van der Waals surface area contributed by atoms with Crippen LogP contribution in [0.25, 0.3) is 10.6 Å². The van der Waals surface area contributed by atoms with Crippen LogP contribution in [0.2, 0.25) is 5.02 Å². The SMILES string of the molecule is COc1ccc(-c2nc(CC(=O)Nc3ccc(Cl)c(F)c3)cs2)cc1OC. The Hall–Kier alpha value is -2.64. The highest BCUT2D eigenvalue weighted by Gasteiger charge is 2.12. The minimum atomic E-state index is -0.584. The van der Waals surface area contributed by atoms with Crippen LogP contribution in [-0.2, 0) is 11.2 Å². The van der Waals surface area contributed by atoms with Crippen LogP contribution in [0.3, 0.4) is 0 Å². The zero-order chi connectivity index (χ0) is 19.4. The molecule has 0 bridgehead atoms. The average Bonchev–Trinajstić information content (AvgIpc) is 3.12. The second kappa shape index (κ2) is 8.37. The van der Waals surface area contributed by atoms with E-state index in [0.29, 0.717) is 22.9 Å². The molecule has 0 radical (unpaired) electrons. The Morgan fingerprint density at radius 2 is 1.96 bits per heavy atom. The Kier molecular flexibility index (Phi) is 5.93. The molecule has 0 aliphatic carbocycles. The Bertz CT molecular complexity index is 977. The lowest BCUT2D eigenvalue weighted by Gasteiger charge is -2.08. The smallest absolute Gasteiger partial charge is 0.230 e. The highest BCUT2D eigenvalue weighted by atomic mass is 35.5. The van der Waals surface area contributed by atoms with E-state index in [0.717, 1.165) is 10.6 Å². The number of halogens is 2. The number of hydrogen-bond acceptors (Lipinski definition) is 5. The third-order valence-electron chi connectivity index (χ3n) is 3.73. The fraction of sp³-hybridized carbons (Fsp3) is 0.158. The van der Waals surface area contributed by atoms with Gasteiger partial charge in [-0.15, -0.1) is 11.3 Å². The molecule has 0 saturated carbocycles. The second-order valence-corrected chi connectivity index (χ2v) is 6.83. The first kappa shape index (κ1) is 19.1. The largest absolute Gasteiger partial charge is 0.493 e. The fourth-order valence-corrected chi connectivity index (χ4v) is 3.37. The van der Waals surface area contributed by atoms with Crippen LogP contribution in [0.5, 0.6) is 11.5 Å². The molecule has 5 nitrogen and oxygen atoms in total. The molecule has 0 aliphatic heterocycles. The van der Waals surface area contributed by atoms with Gasteiger partial charge in [-0.3, -0.25) is 4.79 Å². The summed E-state index contributed by atoms with van der Waals surface area (Å²) in [5, 5.41) is 5.21. The van der Waals surface area contributed by atoms with Gasteiger partial charge in [0.2, 0.25) is 5.91 Å². The number of aromatic nitrogens is 1. The zero-order valence-corrected chi connectivity index (χ0v) is 16.2. The third-order valence-corrected chi connectivity index (χ3v) is 4.97. The summed E-state index contributed by atoms with van der Waals surface area (Å²) in [6.45, 7) is 0. The summed E-state index contributed by atoms with van der Waals surface area (Å²) in [5.41, 5.74) is 1.83. The van der Waals surface area contributed by atoms with Crippen molar-refractivity contribution in [1.29, 1.82) is 0 Å². The van der Waals surface area contributed by atoms with Crippen molar-refractivity contribution in [3.63, 3.8) is 0 Å². The van der Waals surface area contributed by atoms with Crippen LogP contribution in [0.1, 0.15) is 5.69 Å². The molecule has 0 unspecified atom stereocenters. The van der Waals surface area contributed by atoms with E-state index in [1.54, 1.807) is 26.4 Å². The number of rotatable bonds is 6. The summed E-state index contributed by atoms with van der Waals surface area (Å²) in [6, 6.07) is 9.62. The maximum Gasteiger partial charge on any atom is 0.230 e. The van der Waals surface area contributed by atoms with Gasteiger partial charge in [-0.2, -0.15) is 0 Å². The molecule has 1 amide bonds. The summed E-state index contributed by atoms with van der Waals surface area (Å²) in [7, 11) is 3.14. The molecule has 0 aliphatic rings. The summed E-state index contributed by atoms with van der Waals surface area (Å²) in [6.07, 6.45) is 0.0774. The molecule has 27 heavy (non-hydrogen) atoms. The number of hydrogen-bond donors (Lipinski definition) is 1. The van der Waals surface area contributed by atoms with Gasteiger partial charge in [-0.25, -0.2) is 9.37 Å². The molecular weight excluding hydrogens is 391 g/mol. The first-order chi connectivity index (χ1) is 13.0. The minimum Gasteiger partial charge on any atom is -0.493 e. The van der Waals surface area contributed by atoms with E-state index in [9.17, 15) is 9.18 Å². The molecule has 1 heterocycles. The number of ether oxygens (including phenoxy) is 2. The van der Waals surface area contributed by atoms with Gasteiger partial charge in [0, 0.05) is 16.6 Å². The van der Waals surface area contributed by atoms with Crippen LogP contribution in [0, 0.1) is 5.82 Å². The van der Waals surface area contributed by atoms with Gasteiger partial charge >= 0.3 is 0 Å². The predicted octanol–water partition coefficient (Wildman–Crippen LogP) is 4.80. The molecule has 8 heteroatoms. The highest BCUT2D eigenvalue weighted by molar-refractivity contribution is 7.13. The summed E-state index contributed by atoms with van der Waals surface area (Å²) in [5.74, 6) is 0.363. The number of benzene rings is 2. The number of nitrogens with zero attached hydrogens (tertiary/aromatic N) is 1. The third kappa shape index (κ3) is 4.56. The van der Waals surface area contributed by atoms with E-state index in [4.69, 9.17) is 21.1 Å². The van der Waals surface area contributed by atoms with E-state index >= 15 is 0 Å². The molecule has 2 aromatic carbocycles. The number of carbonyl (C=O) groups is 1. The maximum atomic E-state index is 13.5. The molecule has 3 rings (SSSR count). The van der Waals surface area contributed by atoms with Gasteiger partial charge in [-0.1, -0.05) is 11.6 Å². The van der Waals surface area contributed by atoms with Crippen molar-refractivity contribution in [1.82, 2.24) is 4.98 Å². The van der Waals surface area contributed by atoms with Crippen molar-refractivity contribution in [2.75, 3.05) is 19.5 Å². The van der Waals surface area contributed by atoms with Crippen molar-refractivity contribution in [2.24, 2.45) is 0 Å². The zero-order valence-electron chi connectivity index (χ0n) is 14.6. The molecule has 140 valence electrons. The molecule has 0 atom stereocenters. The van der Waals surface area contributed by atoms with Gasteiger partial charge in [0.05, 0.1) is 31.4 Å². The molecule has 1 aromatic heterocycles. The van der Waals surface area contributed by atoms with Crippen LogP contribution in [-0.4, -0.2) is 25.1 Å². The van der Waals surface area contributed by atoms with Gasteiger partial charge in [0.15, 0.2) is 11.5 Å². The van der Waals surface area contributed by atoms with Gasteiger partial charge in [-0.05, 0) is 36.4 Å². The molecule has 3 aromatic rings. The topological polar surface area (TPSA) is 60.5 Å². The lowest BCUT2D eigenvalue weighted by atomic mass is 10.2. The van der Waals surface area contributed by atoms with Crippen LogP contribution >= 0.6 is 22.9 Å². The molecule has 1 N–H and O–H groups in total. The average molecular weight is 407 g/mol. The van der Waals surface area contributed by atoms with Crippen molar-refractivity contribution in [2.45, 2.75) is 6.42 Å². The number of methoxy groups -OCH3 is 2.